The van der Waals surface area contributed by atoms with Gasteiger partial charge in [-0.1, -0.05) is 13.8 Å². The molecule has 0 aliphatic heterocycles. The van der Waals surface area contributed by atoms with Gasteiger partial charge >= 0.3 is 10.4 Å². The summed E-state index contributed by atoms with van der Waals surface area (Å²) in [5.41, 5.74) is -0.847. The zero-order valence-electron chi connectivity index (χ0n) is 9.88. The van der Waals surface area contributed by atoms with Crippen LogP contribution in [0.25, 0.3) is 0 Å². The summed E-state index contributed by atoms with van der Waals surface area (Å²) in [5.74, 6) is -10.2. The van der Waals surface area contributed by atoms with Crippen molar-refractivity contribution in [2.45, 2.75) is 26.2 Å². The fourth-order valence-corrected chi connectivity index (χ4v) is 1.80. The van der Waals surface area contributed by atoms with Crippen LogP contribution in [-0.4, -0.2) is 13.0 Å². The molecule has 0 aromatic heterocycles. The zero-order valence-corrected chi connectivity index (χ0v) is 10.7. The van der Waals surface area contributed by atoms with Gasteiger partial charge in [-0.15, -0.1) is 0 Å². The fourth-order valence-electron chi connectivity index (χ4n) is 1.44. The monoisotopic (exact) mass is 302 g/mol. The van der Waals surface area contributed by atoms with Gasteiger partial charge in [0.05, 0.1) is 0 Å². The van der Waals surface area contributed by atoms with Gasteiger partial charge in [0.1, 0.15) is 0 Å². The van der Waals surface area contributed by atoms with Crippen LogP contribution in [0.1, 0.15) is 31.7 Å². The largest absolute Gasteiger partial charge is 0.446 e. The lowest BCUT2D eigenvalue weighted by Gasteiger charge is -2.14. The topological polar surface area (TPSA) is 63.6 Å². The van der Waals surface area contributed by atoms with Gasteiger partial charge in [0, 0.05) is 5.56 Å². The molecule has 0 aliphatic carbocycles. The molecule has 0 saturated heterocycles. The van der Waals surface area contributed by atoms with Crippen LogP contribution in [0.5, 0.6) is 5.75 Å². The first-order chi connectivity index (χ1) is 8.60. The van der Waals surface area contributed by atoms with E-state index in [0.29, 0.717) is 0 Å². The first kappa shape index (κ1) is 15.7. The van der Waals surface area contributed by atoms with Crippen LogP contribution >= 0.6 is 0 Å². The minimum Gasteiger partial charge on any atom is -0.355 e. The molecule has 4 nitrogen and oxygen atoms in total. The molecule has 0 heterocycles. The van der Waals surface area contributed by atoms with Crippen molar-refractivity contribution in [1.29, 1.82) is 0 Å². The Morgan fingerprint density at radius 1 is 1.11 bits per heavy atom. The van der Waals surface area contributed by atoms with E-state index < -0.39 is 50.9 Å². The molecule has 0 spiro atoms. The summed E-state index contributed by atoms with van der Waals surface area (Å²) in [6, 6.07) is 0. The molecular formula is C10H10F4O4S. The number of benzene rings is 1. The molecule has 1 N–H and O–H groups in total. The summed E-state index contributed by atoms with van der Waals surface area (Å²) in [4.78, 5) is 0. The molecule has 0 bridgehead atoms. The van der Waals surface area contributed by atoms with Gasteiger partial charge in [-0.05, 0) is 12.3 Å². The molecule has 0 radical (unpaired) electrons. The van der Waals surface area contributed by atoms with Gasteiger partial charge < -0.3 is 4.18 Å². The normalized spacial score (nSPS) is 13.4. The summed E-state index contributed by atoms with van der Waals surface area (Å²) in [6.07, 6.45) is 0.200. The van der Waals surface area contributed by atoms with E-state index in [1.165, 1.54) is 6.92 Å². The van der Waals surface area contributed by atoms with E-state index in [4.69, 9.17) is 4.55 Å². The maximum Gasteiger partial charge on any atom is 0.446 e. The zero-order chi connectivity index (χ0) is 15.0. The summed E-state index contributed by atoms with van der Waals surface area (Å²) in [7, 11) is -5.31. The lowest BCUT2D eigenvalue weighted by molar-refractivity contribution is 0.342. The Bertz CT molecular complexity index is 571. The average Bonchev–Trinajstić information content (AvgIpc) is 2.31. The predicted molar refractivity (Wildman–Crippen MR) is 57.2 cm³/mol. The van der Waals surface area contributed by atoms with Crippen molar-refractivity contribution in [3.8, 4) is 5.75 Å². The molecule has 1 aromatic rings. The van der Waals surface area contributed by atoms with Crippen molar-refractivity contribution in [2.75, 3.05) is 0 Å². The fraction of sp³-hybridized carbons (Fsp3) is 0.400. The first-order valence-electron chi connectivity index (χ1n) is 5.12. The molecule has 19 heavy (non-hydrogen) atoms. The number of halogens is 4. The lowest BCUT2D eigenvalue weighted by atomic mass is 9.97. The minimum absolute atomic E-state index is 0.200. The van der Waals surface area contributed by atoms with Crippen LogP contribution < -0.4 is 4.18 Å². The van der Waals surface area contributed by atoms with Gasteiger partial charge in [-0.2, -0.15) is 17.2 Å². The van der Waals surface area contributed by atoms with Gasteiger partial charge in [0.15, 0.2) is 11.6 Å². The smallest absolute Gasteiger partial charge is 0.355 e. The van der Waals surface area contributed by atoms with Gasteiger partial charge in [0.2, 0.25) is 17.4 Å². The molecule has 0 aliphatic rings. The molecular weight excluding hydrogens is 292 g/mol. The molecule has 1 unspecified atom stereocenters. The van der Waals surface area contributed by atoms with E-state index >= 15 is 0 Å². The number of hydrogen-bond acceptors (Lipinski definition) is 3. The van der Waals surface area contributed by atoms with Crippen LogP contribution in [0.4, 0.5) is 17.6 Å². The Kier molecular flexibility index (Phi) is 4.41. The molecule has 1 rings (SSSR count). The predicted octanol–water partition coefficient (Wildman–Crippen LogP) is 2.94. The van der Waals surface area contributed by atoms with E-state index in [2.05, 4.69) is 4.18 Å². The van der Waals surface area contributed by atoms with Crippen molar-refractivity contribution in [3.63, 3.8) is 0 Å². The second kappa shape index (κ2) is 5.33. The SMILES string of the molecule is CCC(C)c1c(F)c(F)c(OS(=O)(=O)O)c(F)c1F. The molecule has 1 aromatic carbocycles. The van der Waals surface area contributed by atoms with Crippen molar-refractivity contribution in [2.24, 2.45) is 0 Å². The molecule has 9 heteroatoms. The molecule has 0 fully saturated rings. The minimum atomic E-state index is -5.31. The number of rotatable bonds is 4. The first-order valence-corrected chi connectivity index (χ1v) is 6.49. The maximum atomic E-state index is 13.6. The van der Waals surface area contributed by atoms with Gasteiger partial charge in [-0.25, -0.2) is 8.78 Å². The summed E-state index contributed by atoms with van der Waals surface area (Å²) >= 11 is 0. The van der Waals surface area contributed by atoms with Gasteiger partial charge in [-0.3, -0.25) is 4.55 Å². The second-order valence-corrected chi connectivity index (χ2v) is 4.84. The van der Waals surface area contributed by atoms with Crippen LogP contribution in [-0.2, 0) is 10.4 Å². The maximum absolute atomic E-state index is 13.6. The van der Waals surface area contributed by atoms with Crippen molar-refractivity contribution >= 4 is 10.4 Å². The molecule has 1 atom stereocenters. The summed E-state index contributed by atoms with van der Waals surface area (Å²) < 4.78 is 86.6. The lowest BCUT2D eigenvalue weighted by Crippen LogP contribution is -2.14. The van der Waals surface area contributed by atoms with Crippen LogP contribution in [0.3, 0.4) is 0 Å². The molecule has 0 saturated carbocycles. The highest BCUT2D eigenvalue weighted by Crippen LogP contribution is 2.35. The Morgan fingerprint density at radius 2 is 1.53 bits per heavy atom. The highest BCUT2D eigenvalue weighted by Gasteiger charge is 2.30. The third-order valence-corrected chi connectivity index (χ3v) is 2.93. The standard InChI is InChI=1S/C10H10F4O4S/c1-3-4(2)5-6(11)8(13)10(9(14)7(5)12)18-19(15,16)17/h4H,3H2,1-2H3,(H,15,16,17). The Balaban J connectivity index is 3.56. The highest BCUT2D eigenvalue weighted by atomic mass is 32.3. The second-order valence-electron chi connectivity index (χ2n) is 3.82. The highest BCUT2D eigenvalue weighted by molar-refractivity contribution is 7.81. The van der Waals surface area contributed by atoms with E-state index in [1.807, 2.05) is 0 Å². The van der Waals surface area contributed by atoms with Crippen molar-refractivity contribution < 1.29 is 34.7 Å². The third-order valence-electron chi connectivity index (χ3n) is 2.55. The van der Waals surface area contributed by atoms with E-state index in [0.717, 1.165) is 0 Å². The average molecular weight is 302 g/mol. The quantitative estimate of drug-likeness (QED) is 0.527. The van der Waals surface area contributed by atoms with E-state index in [9.17, 15) is 26.0 Å². The Labute approximate surface area is 107 Å². The van der Waals surface area contributed by atoms with E-state index in [1.54, 1.807) is 6.92 Å². The van der Waals surface area contributed by atoms with E-state index in [-0.39, 0.29) is 6.42 Å². The van der Waals surface area contributed by atoms with Crippen molar-refractivity contribution in [1.82, 2.24) is 0 Å². The third kappa shape index (κ3) is 3.16. The van der Waals surface area contributed by atoms with Crippen LogP contribution in [0.2, 0.25) is 0 Å². The molecule has 0 amide bonds. The van der Waals surface area contributed by atoms with Crippen LogP contribution in [0.15, 0.2) is 0 Å². The molecule has 108 valence electrons. The van der Waals surface area contributed by atoms with Gasteiger partial charge in [0.25, 0.3) is 0 Å². The summed E-state index contributed by atoms with van der Waals surface area (Å²) in [5, 5.41) is 0. The van der Waals surface area contributed by atoms with Crippen molar-refractivity contribution in [3.05, 3.63) is 28.8 Å². The Morgan fingerprint density at radius 3 is 1.84 bits per heavy atom. The van der Waals surface area contributed by atoms with Crippen LogP contribution in [0, 0.1) is 23.3 Å². The number of hydrogen-bond donors (Lipinski definition) is 1. The summed E-state index contributed by atoms with van der Waals surface area (Å²) in [6.45, 7) is 2.88. The Hall–Kier alpha value is -1.35.